The number of rotatable bonds is 5. The van der Waals surface area contributed by atoms with Gasteiger partial charge < -0.3 is 9.30 Å². The maximum atomic E-state index is 13.1. The number of aromatic nitrogens is 2. The summed E-state index contributed by atoms with van der Waals surface area (Å²) in [6.07, 6.45) is 3.39. The second-order valence-electron chi connectivity index (χ2n) is 5.00. The van der Waals surface area contributed by atoms with Crippen molar-refractivity contribution < 1.29 is 19.1 Å². The van der Waals surface area contributed by atoms with Crippen LogP contribution in [-0.4, -0.2) is 27.3 Å². The molecule has 1 aromatic carbocycles. The highest BCUT2D eigenvalue weighted by atomic mass is 35.5. The second-order valence-corrected chi connectivity index (χ2v) is 5.41. The number of hydroxylamine groups is 1. The van der Waals surface area contributed by atoms with E-state index in [0.717, 1.165) is 10.9 Å². The summed E-state index contributed by atoms with van der Waals surface area (Å²) >= 11 is 5.71. The van der Waals surface area contributed by atoms with Gasteiger partial charge in [0, 0.05) is 23.8 Å². The molecule has 2 heterocycles. The van der Waals surface area contributed by atoms with Crippen molar-refractivity contribution in [1.82, 2.24) is 15.0 Å². The highest BCUT2D eigenvalue weighted by molar-refractivity contribution is 6.30. The van der Waals surface area contributed by atoms with Crippen LogP contribution in [0.15, 0.2) is 42.7 Å². The maximum absolute atomic E-state index is 13.1. The van der Waals surface area contributed by atoms with E-state index in [1.165, 1.54) is 18.2 Å². The topological polar surface area (TPSA) is 76.4 Å². The van der Waals surface area contributed by atoms with Gasteiger partial charge in [-0.3, -0.25) is 15.0 Å². The number of halogens is 2. The van der Waals surface area contributed by atoms with Gasteiger partial charge in [-0.05, 0) is 24.3 Å². The van der Waals surface area contributed by atoms with E-state index >= 15 is 0 Å². The van der Waals surface area contributed by atoms with Crippen molar-refractivity contribution in [3.05, 3.63) is 59.3 Å². The Balaban J connectivity index is 1.72. The van der Waals surface area contributed by atoms with Crippen molar-refractivity contribution in [2.24, 2.45) is 0 Å². The Bertz CT molecular complexity index is 897. The van der Waals surface area contributed by atoms with Crippen molar-refractivity contribution in [3.63, 3.8) is 0 Å². The summed E-state index contributed by atoms with van der Waals surface area (Å²) in [5.74, 6) is -0.704. The van der Waals surface area contributed by atoms with Crippen LogP contribution in [0.1, 0.15) is 10.5 Å². The van der Waals surface area contributed by atoms with Crippen molar-refractivity contribution in [3.8, 4) is 5.75 Å². The molecule has 0 unspecified atom stereocenters. The fourth-order valence-electron chi connectivity index (χ4n) is 2.29. The van der Waals surface area contributed by atoms with Crippen LogP contribution in [0.4, 0.5) is 4.39 Å². The number of fused-ring (bicyclic) bond motifs is 1. The Kier molecular flexibility index (Phi) is 4.64. The van der Waals surface area contributed by atoms with E-state index in [0.29, 0.717) is 18.9 Å². The van der Waals surface area contributed by atoms with Gasteiger partial charge in [0.25, 0.3) is 5.91 Å². The predicted octanol–water partition coefficient (Wildman–Crippen LogP) is 3.03. The van der Waals surface area contributed by atoms with Crippen LogP contribution in [0, 0.1) is 5.82 Å². The third kappa shape index (κ3) is 3.32. The molecule has 3 aromatic rings. The zero-order valence-electron chi connectivity index (χ0n) is 12.4. The highest BCUT2D eigenvalue weighted by Crippen LogP contribution is 2.21. The normalized spacial score (nSPS) is 10.8. The first-order chi connectivity index (χ1) is 11.6. The highest BCUT2D eigenvalue weighted by Gasteiger charge is 2.09. The molecule has 0 bridgehead atoms. The lowest BCUT2D eigenvalue weighted by molar-refractivity contribution is 0.0701. The molecular weight excluding hydrogens is 337 g/mol. The van der Waals surface area contributed by atoms with E-state index < -0.39 is 11.7 Å². The largest absolute Gasteiger partial charge is 0.492 e. The smallest absolute Gasteiger partial charge is 0.293 e. The minimum Gasteiger partial charge on any atom is -0.492 e. The molecule has 0 aliphatic rings. The Labute approximate surface area is 141 Å². The molecule has 0 spiro atoms. The zero-order chi connectivity index (χ0) is 17.1. The standard InChI is InChI=1S/C16H13ClFN3O3/c17-12-7-11(1-2-13(12)18)24-6-5-21-4-3-10-9-19-14(8-15(10)21)16(22)20-23/h1-4,7-9,23H,5-6H2,(H,20,22). The van der Waals surface area contributed by atoms with E-state index in [1.54, 1.807) is 17.7 Å². The molecule has 2 N–H and O–H groups in total. The molecule has 0 aliphatic heterocycles. The SMILES string of the molecule is O=C(NO)c1cc2c(ccn2CCOc2ccc(F)c(Cl)c2)cn1. The maximum Gasteiger partial charge on any atom is 0.293 e. The molecule has 0 saturated heterocycles. The number of hydrogen-bond donors (Lipinski definition) is 2. The van der Waals surface area contributed by atoms with Crippen LogP contribution in [0.5, 0.6) is 5.75 Å². The van der Waals surface area contributed by atoms with Crippen molar-refractivity contribution in [2.75, 3.05) is 6.61 Å². The minimum absolute atomic E-state index is 0.00430. The number of nitrogens with one attached hydrogen (secondary N) is 1. The molecular formula is C16H13ClFN3O3. The summed E-state index contributed by atoms with van der Waals surface area (Å²) in [6, 6.07) is 7.60. The van der Waals surface area contributed by atoms with Crippen molar-refractivity contribution in [2.45, 2.75) is 6.54 Å². The number of amides is 1. The summed E-state index contributed by atoms with van der Waals surface area (Å²) in [5.41, 5.74) is 2.44. The number of benzene rings is 1. The van der Waals surface area contributed by atoms with E-state index in [4.69, 9.17) is 21.5 Å². The molecule has 124 valence electrons. The number of ether oxygens (including phenoxy) is 1. The van der Waals surface area contributed by atoms with E-state index in [9.17, 15) is 9.18 Å². The lowest BCUT2D eigenvalue weighted by Crippen LogP contribution is -2.19. The molecule has 8 heteroatoms. The minimum atomic E-state index is -0.679. The van der Waals surface area contributed by atoms with Crippen LogP contribution in [0.2, 0.25) is 5.02 Å². The van der Waals surface area contributed by atoms with E-state index in [2.05, 4.69) is 4.98 Å². The van der Waals surface area contributed by atoms with Crippen LogP contribution >= 0.6 is 11.6 Å². The van der Waals surface area contributed by atoms with Gasteiger partial charge in [-0.2, -0.15) is 0 Å². The Morgan fingerprint density at radius 2 is 2.21 bits per heavy atom. The lowest BCUT2D eigenvalue weighted by atomic mass is 10.2. The first kappa shape index (κ1) is 16.2. The molecule has 0 aliphatic carbocycles. The third-order valence-corrected chi connectivity index (χ3v) is 3.77. The monoisotopic (exact) mass is 349 g/mol. The summed E-state index contributed by atoms with van der Waals surface area (Å²) in [7, 11) is 0. The molecule has 3 rings (SSSR count). The van der Waals surface area contributed by atoms with Gasteiger partial charge >= 0.3 is 0 Å². The molecule has 2 aromatic heterocycles. The van der Waals surface area contributed by atoms with Crippen LogP contribution in [0.3, 0.4) is 0 Å². The molecule has 24 heavy (non-hydrogen) atoms. The third-order valence-electron chi connectivity index (χ3n) is 3.48. The summed E-state index contributed by atoms with van der Waals surface area (Å²) < 4.78 is 20.5. The Morgan fingerprint density at radius 1 is 1.38 bits per heavy atom. The van der Waals surface area contributed by atoms with Crippen LogP contribution in [0.25, 0.3) is 10.9 Å². The number of pyridine rings is 1. The summed E-state index contributed by atoms with van der Waals surface area (Å²) in [4.78, 5) is 15.4. The van der Waals surface area contributed by atoms with Gasteiger partial charge in [-0.15, -0.1) is 0 Å². The first-order valence-electron chi connectivity index (χ1n) is 7.05. The van der Waals surface area contributed by atoms with Gasteiger partial charge in [0.15, 0.2) is 0 Å². The Morgan fingerprint density at radius 3 is 2.96 bits per heavy atom. The molecule has 0 fully saturated rings. The molecule has 0 saturated carbocycles. The fourth-order valence-corrected chi connectivity index (χ4v) is 2.46. The van der Waals surface area contributed by atoms with Crippen LogP contribution in [-0.2, 0) is 6.54 Å². The quantitative estimate of drug-likeness (QED) is 0.548. The number of nitrogens with zero attached hydrogens (tertiary/aromatic N) is 2. The lowest BCUT2D eigenvalue weighted by Gasteiger charge is -2.09. The summed E-state index contributed by atoms with van der Waals surface area (Å²) in [5, 5.41) is 9.55. The first-order valence-corrected chi connectivity index (χ1v) is 7.43. The van der Waals surface area contributed by atoms with Gasteiger partial charge in [-0.25, -0.2) is 9.87 Å². The number of carbonyl (C=O) groups excluding carboxylic acids is 1. The summed E-state index contributed by atoms with van der Waals surface area (Å²) in [6.45, 7) is 0.832. The molecule has 1 amide bonds. The second kappa shape index (κ2) is 6.86. The van der Waals surface area contributed by atoms with Crippen molar-refractivity contribution in [1.29, 1.82) is 0 Å². The van der Waals surface area contributed by atoms with Gasteiger partial charge in [0.2, 0.25) is 0 Å². The zero-order valence-corrected chi connectivity index (χ0v) is 13.1. The van der Waals surface area contributed by atoms with E-state index in [1.807, 2.05) is 16.8 Å². The van der Waals surface area contributed by atoms with Gasteiger partial charge in [0.1, 0.15) is 23.9 Å². The number of carbonyl (C=O) groups is 1. The molecule has 0 atom stereocenters. The van der Waals surface area contributed by atoms with Gasteiger partial charge in [0.05, 0.1) is 17.1 Å². The molecule has 6 nitrogen and oxygen atoms in total. The predicted molar refractivity (Wildman–Crippen MR) is 85.9 cm³/mol. The molecule has 0 radical (unpaired) electrons. The fraction of sp³-hybridized carbons (Fsp3) is 0.125. The van der Waals surface area contributed by atoms with Crippen LogP contribution < -0.4 is 10.2 Å². The van der Waals surface area contributed by atoms with Gasteiger partial charge in [-0.1, -0.05) is 11.6 Å². The van der Waals surface area contributed by atoms with Crippen molar-refractivity contribution >= 4 is 28.4 Å². The van der Waals surface area contributed by atoms with E-state index in [-0.39, 0.29) is 10.7 Å². The Hall–Kier alpha value is -2.64. The average Bonchev–Trinajstić information content (AvgIpc) is 2.99. The number of hydrogen-bond acceptors (Lipinski definition) is 4. The average molecular weight is 350 g/mol.